The number of piperidine rings is 1. The van der Waals surface area contributed by atoms with Crippen LogP contribution in [0.4, 0.5) is 13.2 Å². The number of carboxylic acids is 1. The molecule has 3 N–H and O–H groups in total. The Morgan fingerprint density at radius 3 is 2.34 bits per heavy atom. The van der Waals surface area contributed by atoms with Crippen molar-refractivity contribution in [1.29, 1.82) is 0 Å². The van der Waals surface area contributed by atoms with Gasteiger partial charge in [0.2, 0.25) is 0 Å². The second-order valence-electron chi connectivity index (χ2n) is 11.1. The Balaban J connectivity index is 0.000000309. The summed E-state index contributed by atoms with van der Waals surface area (Å²) in [5.74, 6) is -2.89. The van der Waals surface area contributed by atoms with Crippen LogP contribution in [0.2, 0.25) is 0 Å². The molecular formula is C36H39F3N2O3. The van der Waals surface area contributed by atoms with Crippen molar-refractivity contribution in [1.82, 2.24) is 4.90 Å². The number of rotatable bonds is 8. The predicted molar refractivity (Wildman–Crippen MR) is 170 cm³/mol. The third-order valence-electron chi connectivity index (χ3n) is 7.99. The quantitative estimate of drug-likeness (QED) is 0.212. The Morgan fingerprint density at radius 2 is 1.68 bits per heavy atom. The number of fused-ring (bicyclic) bond motifs is 1. The van der Waals surface area contributed by atoms with Crippen molar-refractivity contribution >= 4 is 22.4 Å². The van der Waals surface area contributed by atoms with Gasteiger partial charge in [-0.2, -0.15) is 0 Å². The van der Waals surface area contributed by atoms with Gasteiger partial charge in [-0.05, 0) is 71.5 Å². The van der Waals surface area contributed by atoms with Crippen LogP contribution in [0.1, 0.15) is 48.4 Å². The molecule has 0 radical (unpaired) electrons. The molecule has 0 amide bonds. The first kappa shape index (κ1) is 32.6. The minimum atomic E-state index is -2.55. The zero-order valence-corrected chi connectivity index (χ0v) is 25.4. The number of allylic oxidation sites excluding steroid dienone is 1. The van der Waals surface area contributed by atoms with Gasteiger partial charge in [0.1, 0.15) is 11.6 Å². The number of benzene rings is 4. The third-order valence-corrected chi connectivity index (χ3v) is 7.99. The summed E-state index contributed by atoms with van der Waals surface area (Å²) in [5.41, 5.74) is 11.5. The molecule has 4 aromatic carbocycles. The number of hydrogen-bond donors (Lipinski definition) is 2. The second-order valence-corrected chi connectivity index (χ2v) is 11.1. The lowest BCUT2D eigenvalue weighted by molar-refractivity contribution is -0.136. The molecule has 44 heavy (non-hydrogen) atoms. The number of carboxylic acid groups (broad SMARTS) is 1. The number of nitrogens with zero attached hydrogens (tertiary/aromatic N) is 1. The molecule has 0 unspecified atom stereocenters. The molecule has 0 aromatic heterocycles. The maximum atomic E-state index is 13.5. The summed E-state index contributed by atoms with van der Waals surface area (Å²) in [6.07, 6.45) is 2.05. The first-order chi connectivity index (χ1) is 21.0. The third kappa shape index (κ3) is 7.99. The molecule has 4 aromatic rings. The molecule has 1 saturated heterocycles. The number of aryl methyl sites for hydroxylation is 2. The first-order valence-corrected chi connectivity index (χ1v) is 14.7. The van der Waals surface area contributed by atoms with E-state index in [-0.39, 0.29) is 25.1 Å². The van der Waals surface area contributed by atoms with E-state index in [1.165, 1.54) is 6.07 Å². The molecule has 0 saturated carbocycles. The number of carbonyl (C=O) groups is 1. The van der Waals surface area contributed by atoms with Crippen LogP contribution >= 0.6 is 0 Å². The molecule has 5 rings (SSSR count). The number of likely N-dealkylation sites (tertiary alicyclic amines) is 1. The van der Waals surface area contributed by atoms with Gasteiger partial charge in [0.15, 0.2) is 0 Å². The molecule has 0 aliphatic carbocycles. The van der Waals surface area contributed by atoms with Crippen LogP contribution in [0, 0.1) is 12.7 Å². The summed E-state index contributed by atoms with van der Waals surface area (Å²) in [6, 6.07) is 22.9. The fourth-order valence-electron chi connectivity index (χ4n) is 5.57. The van der Waals surface area contributed by atoms with E-state index in [2.05, 4.69) is 11.0 Å². The summed E-state index contributed by atoms with van der Waals surface area (Å²) >= 11 is 0. The number of alkyl halides is 2. The van der Waals surface area contributed by atoms with Gasteiger partial charge in [-0.3, -0.25) is 9.69 Å². The molecule has 1 aliphatic rings. The van der Waals surface area contributed by atoms with Crippen molar-refractivity contribution in [3.8, 4) is 16.9 Å². The van der Waals surface area contributed by atoms with Gasteiger partial charge in [-0.1, -0.05) is 60.7 Å². The van der Waals surface area contributed by atoms with Crippen molar-refractivity contribution in [3.05, 3.63) is 107 Å². The zero-order chi connectivity index (χ0) is 31.9. The van der Waals surface area contributed by atoms with Crippen LogP contribution in [0.5, 0.6) is 5.75 Å². The summed E-state index contributed by atoms with van der Waals surface area (Å²) < 4.78 is 45.8. The van der Waals surface area contributed by atoms with Crippen molar-refractivity contribution in [2.45, 2.75) is 52.0 Å². The Hall–Kier alpha value is -4.30. The molecule has 8 heteroatoms. The Bertz CT molecular complexity index is 1620. The van der Waals surface area contributed by atoms with Crippen molar-refractivity contribution < 1.29 is 27.8 Å². The highest BCUT2D eigenvalue weighted by Gasteiger charge is 2.33. The van der Waals surface area contributed by atoms with Gasteiger partial charge >= 0.3 is 5.97 Å². The van der Waals surface area contributed by atoms with Gasteiger partial charge in [0, 0.05) is 55.7 Å². The summed E-state index contributed by atoms with van der Waals surface area (Å²) in [7, 11) is 1.63. The SMILES string of the molecule is C/C=C(/N)c1c(C)cccc1F.COc1ccc(CN2CCC(F)(F)CC2)cc1-c1cccc2c(CCC(=O)O)cccc12. The topological polar surface area (TPSA) is 75.8 Å². The van der Waals surface area contributed by atoms with E-state index < -0.39 is 11.9 Å². The van der Waals surface area contributed by atoms with E-state index in [0.29, 0.717) is 37.3 Å². The predicted octanol–water partition coefficient (Wildman–Crippen LogP) is 8.22. The number of halogens is 3. The number of methoxy groups -OCH3 is 1. The molecular weight excluding hydrogens is 565 g/mol. The average molecular weight is 605 g/mol. The van der Waals surface area contributed by atoms with Crippen molar-refractivity contribution in [3.63, 3.8) is 0 Å². The highest BCUT2D eigenvalue weighted by Crippen LogP contribution is 2.37. The molecule has 0 atom stereocenters. The monoisotopic (exact) mass is 604 g/mol. The summed E-state index contributed by atoms with van der Waals surface area (Å²) in [6.45, 7) is 5.02. The standard InChI is InChI=1S/C26H27F2NO3.C10H12FN/c1-32-24-10-8-18(17-29-14-12-26(27,28)13-15-29)16-23(24)22-7-3-5-20-19(9-11-25(30)31)4-2-6-21(20)22;1-3-9(12)10-7(2)5-4-6-8(10)11/h2-8,10,16H,9,11-15,17H2,1H3,(H,30,31);3-6H,12H2,1-2H3/b;9-3+. The Kier molecular flexibility index (Phi) is 10.7. The van der Waals surface area contributed by atoms with Gasteiger partial charge in [0.25, 0.3) is 5.92 Å². The van der Waals surface area contributed by atoms with Crippen LogP contribution in [-0.2, 0) is 17.8 Å². The highest BCUT2D eigenvalue weighted by atomic mass is 19.3. The van der Waals surface area contributed by atoms with E-state index in [0.717, 1.165) is 44.3 Å². The van der Waals surface area contributed by atoms with Crippen molar-refractivity contribution in [2.75, 3.05) is 20.2 Å². The Labute approximate surface area is 256 Å². The number of aliphatic carboxylic acids is 1. The zero-order valence-electron chi connectivity index (χ0n) is 25.4. The normalized spacial score (nSPS) is 15.0. The van der Waals surface area contributed by atoms with Gasteiger partial charge in [-0.15, -0.1) is 0 Å². The van der Waals surface area contributed by atoms with E-state index in [1.807, 2.05) is 61.5 Å². The lowest BCUT2D eigenvalue weighted by Gasteiger charge is -2.31. The maximum Gasteiger partial charge on any atom is 0.303 e. The van der Waals surface area contributed by atoms with Crippen LogP contribution in [0.15, 0.2) is 78.9 Å². The molecule has 0 spiro atoms. The van der Waals surface area contributed by atoms with Crippen LogP contribution in [0.3, 0.4) is 0 Å². The smallest absolute Gasteiger partial charge is 0.303 e. The van der Waals surface area contributed by atoms with Crippen LogP contribution < -0.4 is 10.5 Å². The molecule has 1 aliphatic heterocycles. The minimum Gasteiger partial charge on any atom is -0.496 e. The van der Waals surface area contributed by atoms with Gasteiger partial charge in [0.05, 0.1) is 7.11 Å². The largest absolute Gasteiger partial charge is 0.496 e. The van der Waals surface area contributed by atoms with E-state index in [1.54, 1.807) is 26.2 Å². The first-order valence-electron chi connectivity index (χ1n) is 14.7. The maximum absolute atomic E-state index is 13.5. The second kappa shape index (κ2) is 14.4. The molecule has 0 bridgehead atoms. The van der Waals surface area contributed by atoms with Gasteiger partial charge < -0.3 is 15.6 Å². The van der Waals surface area contributed by atoms with E-state index in [4.69, 9.17) is 15.6 Å². The molecule has 232 valence electrons. The fourth-order valence-corrected chi connectivity index (χ4v) is 5.57. The lowest BCUT2D eigenvalue weighted by Crippen LogP contribution is -2.38. The number of ether oxygens (including phenoxy) is 1. The number of nitrogens with two attached hydrogens (primary N) is 1. The van der Waals surface area contributed by atoms with Crippen LogP contribution in [0.25, 0.3) is 27.6 Å². The average Bonchev–Trinajstić information content (AvgIpc) is 3.00. The van der Waals surface area contributed by atoms with Crippen LogP contribution in [-0.4, -0.2) is 42.1 Å². The van der Waals surface area contributed by atoms with Crippen molar-refractivity contribution in [2.24, 2.45) is 5.73 Å². The molecule has 1 heterocycles. The number of hydrogen-bond acceptors (Lipinski definition) is 4. The Morgan fingerprint density at radius 1 is 1.00 bits per heavy atom. The fraction of sp³-hybridized carbons (Fsp3) is 0.306. The van der Waals surface area contributed by atoms with E-state index >= 15 is 0 Å². The minimum absolute atomic E-state index is 0.0804. The molecule has 1 fully saturated rings. The van der Waals surface area contributed by atoms with E-state index in [9.17, 15) is 18.0 Å². The van der Waals surface area contributed by atoms with Gasteiger partial charge in [-0.25, -0.2) is 13.2 Å². The summed E-state index contributed by atoms with van der Waals surface area (Å²) in [5, 5.41) is 11.1. The molecule has 5 nitrogen and oxygen atoms in total. The summed E-state index contributed by atoms with van der Waals surface area (Å²) in [4.78, 5) is 13.1. The lowest BCUT2D eigenvalue weighted by atomic mass is 9.93. The highest BCUT2D eigenvalue weighted by molar-refractivity contribution is 5.99.